The number of nitrogens with one attached hydrogen (secondary N) is 1. The lowest BCUT2D eigenvalue weighted by Crippen LogP contribution is -2.36. The number of benzene rings is 1. The Bertz CT molecular complexity index is 390. The van der Waals surface area contributed by atoms with Crippen molar-refractivity contribution >= 4 is 0 Å². The van der Waals surface area contributed by atoms with Gasteiger partial charge in [-0.25, -0.2) is 0 Å². The minimum atomic E-state index is -0.543. The normalized spacial score (nSPS) is 14.5. The average molecular weight is 265 g/mol. The number of methoxy groups -OCH3 is 1. The van der Waals surface area contributed by atoms with E-state index < -0.39 is 6.10 Å². The molecule has 1 rings (SSSR count). The molecule has 0 aliphatic heterocycles. The summed E-state index contributed by atoms with van der Waals surface area (Å²) in [6.45, 7) is 9.35. The van der Waals surface area contributed by atoms with E-state index in [1.54, 1.807) is 7.11 Å². The van der Waals surface area contributed by atoms with Gasteiger partial charge in [-0.1, -0.05) is 32.4 Å². The van der Waals surface area contributed by atoms with Crippen LogP contribution >= 0.6 is 0 Å². The first-order valence-corrected chi connectivity index (χ1v) is 7.05. The number of ether oxygens (including phenoxy) is 1. The monoisotopic (exact) mass is 265 g/mol. The Hall–Kier alpha value is -1.06. The zero-order chi connectivity index (χ0) is 14.4. The largest absolute Gasteiger partial charge is 0.496 e. The molecule has 108 valence electrons. The van der Waals surface area contributed by atoms with Crippen LogP contribution in [0.2, 0.25) is 0 Å². The highest BCUT2D eigenvalue weighted by Crippen LogP contribution is 2.29. The van der Waals surface area contributed by atoms with Gasteiger partial charge in [-0.3, -0.25) is 0 Å². The summed E-state index contributed by atoms with van der Waals surface area (Å²) in [4.78, 5) is 0. The van der Waals surface area contributed by atoms with E-state index in [0.29, 0.717) is 5.92 Å². The minimum absolute atomic E-state index is 0.0538. The predicted octanol–water partition coefficient (Wildman–Crippen LogP) is 3.06. The summed E-state index contributed by atoms with van der Waals surface area (Å²) in [6.07, 6.45) is 0.337. The molecule has 0 fully saturated rings. The Morgan fingerprint density at radius 2 is 2.00 bits per heavy atom. The smallest absolute Gasteiger partial charge is 0.124 e. The van der Waals surface area contributed by atoms with Gasteiger partial charge in [0.05, 0.1) is 13.2 Å². The summed E-state index contributed by atoms with van der Waals surface area (Å²) in [6, 6.07) is 5.97. The van der Waals surface area contributed by atoms with Crippen LogP contribution in [-0.2, 0) is 0 Å². The van der Waals surface area contributed by atoms with Gasteiger partial charge >= 0.3 is 0 Å². The second kappa shape index (κ2) is 7.51. The van der Waals surface area contributed by atoms with E-state index in [1.165, 1.54) is 0 Å². The molecule has 1 aromatic rings. The standard InChI is InChI=1S/C16H27NO2/c1-6-14(17-10-11(2)3)16(18)13-9-12(4)7-8-15(13)19-5/h7-9,11,14,16-18H,6,10H2,1-5H3. The van der Waals surface area contributed by atoms with Crippen molar-refractivity contribution in [3.8, 4) is 5.75 Å². The Labute approximate surface area is 117 Å². The molecule has 0 aromatic heterocycles. The summed E-state index contributed by atoms with van der Waals surface area (Å²) in [5.74, 6) is 1.32. The lowest BCUT2D eigenvalue weighted by atomic mass is 9.97. The zero-order valence-corrected chi connectivity index (χ0v) is 12.7. The molecule has 0 radical (unpaired) electrons. The van der Waals surface area contributed by atoms with Crippen molar-refractivity contribution in [2.45, 2.75) is 46.3 Å². The molecule has 0 saturated carbocycles. The molecule has 2 N–H and O–H groups in total. The molecule has 1 aromatic carbocycles. The SMILES string of the molecule is CCC(NCC(C)C)C(O)c1cc(C)ccc1OC. The van der Waals surface area contributed by atoms with E-state index in [2.05, 4.69) is 26.1 Å². The van der Waals surface area contributed by atoms with Crippen molar-refractivity contribution in [2.24, 2.45) is 5.92 Å². The number of hydrogen-bond acceptors (Lipinski definition) is 3. The number of aliphatic hydroxyl groups excluding tert-OH is 1. The van der Waals surface area contributed by atoms with Crippen LogP contribution in [0.4, 0.5) is 0 Å². The number of aryl methyl sites for hydroxylation is 1. The van der Waals surface area contributed by atoms with Crippen LogP contribution in [0.25, 0.3) is 0 Å². The third-order valence-electron chi connectivity index (χ3n) is 3.31. The van der Waals surface area contributed by atoms with Crippen LogP contribution in [-0.4, -0.2) is 24.8 Å². The maximum Gasteiger partial charge on any atom is 0.124 e. The van der Waals surface area contributed by atoms with Gasteiger partial charge in [-0.05, 0) is 37.9 Å². The molecule has 0 saturated heterocycles. The molecule has 0 bridgehead atoms. The maximum absolute atomic E-state index is 10.6. The van der Waals surface area contributed by atoms with Gasteiger partial charge in [-0.15, -0.1) is 0 Å². The van der Waals surface area contributed by atoms with Crippen molar-refractivity contribution < 1.29 is 9.84 Å². The maximum atomic E-state index is 10.6. The predicted molar refractivity (Wildman–Crippen MR) is 79.6 cm³/mol. The first kappa shape index (κ1) is 16.0. The van der Waals surface area contributed by atoms with Crippen LogP contribution in [0.15, 0.2) is 18.2 Å². The van der Waals surface area contributed by atoms with E-state index in [-0.39, 0.29) is 6.04 Å². The molecule has 0 aliphatic rings. The Balaban J connectivity index is 2.89. The molecule has 0 amide bonds. The molecule has 19 heavy (non-hydrogen) atoms. The quantitative estimate of drug-likeness (QED) is 0.796. The van der Waals surface area contributed by atoms with Crippen molar-refractivity contribution in [1.82, 2.24) is 5.32 Å². The van der Waals surface area contributed by atoms with Crippen LogP contribution in [0.5, 0.6) is 5.75 Å². The first-order chi connectivity index (χ1) is 8.99. The minimum Gasteiger partial charge on any atom is -0.496 e. The fourth-order valence-corrected chi connectivity index (χ4v) is 2.17. The molecule has 2 unspecified atom stereocenters. The molecule has 0 heterocycles. The van der Waals surface area contributed by atoms with Gasteiger partial charge in [0, 0.05) is 11.6 Å². The van der Waals surface area contributed by atoms with Gasteiger partial charge in [0.1, 0.15) is 5.75 Å². The fourth-order valence-electron chi connectivity index (χ4n) is 2.17. The molecule has 2 atom stereocenters. The van der Waals surface area contributed by atoms with E-state index in [4.69, 9.17) is 4.74 Å². The number of hydrogen-bond donors (Lipinski definition) is 2. The van der Waals surface area contributed by atoms with Crippen molar-refractivity contribution in [3.05, 3.63) is 29.3 Å². The highest BCUT2D eigenvalue weighted by atomic mass is 16.5. The molecule has 0 spiro atoms. The summed E-state index contributed by atoms with van der Waals surface area (Å²) in [5.41, 5.74) is 2.00. The van der Waals surface area contributed by atoms with E-state index in [9.17, 15) is 5.11 Å². The van der Waals surface area contributed by atoms with Gasteiger partial charge in [0.15, 0.2) is 0 Å². The molecule has 3 heteroatoms. The number of aliphatic hydroxyl groups is 1. The van der Waals surface area contributed by atoms with Crippen LogP contribution in [0.1, 0.15) is 44.4 Å². The van der Waals surface area contributed by atoms with Gasteiger partial charge in [0.25, 0.3) is 0 Å². The molecular weight excluding hydrogens is 238 g/mol. The topological polar surface area (TPSA) is 41.5 Å². The van der Waals surface area contributed by atoms with Crippen LogP contribution in [0.3, 0.4) is 0 Å². The average Bonchev–Trinajstić information content (AvgIpc) is 2.38. The van der Waals surface area contributed by atoms with Gasteiger partial charge < -0.3 is 15.2 Å². The third kappa shape index (κ3) is 4.51. The Morgan fingerprint density at radius 1 is 1.32 bits per heavy atom. The van der Waals surface area contributed by atoms with Crippen molar-refractivity contribution in [1.29, 1.82) is 0 Å². The van der Waals surface area contributed by atoms with Gasteiger partial charge in [-0.2, -0.15) is 0 Å². The van der Waals surface area contributed by atoms with E-state index in [1.807, 2.05) is 25.1 Å². The van der Waals surface area contributed by atoms with E-state index >= 15 is 0 Å². The second-order valence-electron chi connectivity index (χ2n) is 5.51. The molecule has 3 nitrogen and oxygen atoms in total. The molecular formula is C16H27NO2. The van der Waals surface area contributed by atoms with Gasteiger partial charge in [0.2, 0.25) is 0 Å². The second-order valence-corrected chi connectivity index (χ2v) is 5.51. The highest BCUT2D eigenvalue weighted by Gasteiger charge is 2.22. The zero-order valence-electron chi connectivity index (χ0n) is 12.7. The lowest BCUT2D eigenvalue weighted by molar-refractivity contribution is 0.121. The summed E-state index contributed by atoms with van der Waals surface area (Å²) in [5, 5.41) is 14.0. The van der Waals surface area contributed by atoms with Crippen LogP contribution < -0.4 is 10.1 Å². The van der Waals surface area contributed by atoms with E-state index in [0.717, 1.165) is 29.8 Å². The Morgan fingerprint density at radius 3 is 2.53 bits per heavy atom. The third-order valence-corrected chi connectivity index (χ3v) is 3.31. The summed E-state index contributed by atoms with van der Waals surface area (Å²) in [7, 11) is 1.64. The summed E-state index contributed by atoms with van der Waals surface area (Å²) < 4.78 is 5.35. The van der Waals surface area contributed by atoms with Crippen LogP contribution in [0, 0.1) is 12.8 Å². The van der Waals surface area contributed by atoms with Crippen molar-refractivity contribution in [3.63, 3.8) is 0 Å². The first-order valence-electron chi connectivity index (χ1n) is 7.05. The lowest BCUT2D eigenvalue weighted by Gasteiger charge is -2.25. The van der Waals surface area contributed by atoms with Crippen molar-refractivity contribution in [2.75, 3.05) is 13.7 Å². The fraction of sp³-hybridized carbons (Fsp3) is 0.625. The Kier molecular flexibility index (Phi) is 6.32. The number of rotatable bonds is 7. The summed E-state index contributed by atoms with van der Waals surface area (Å²) >= 11 is 0. The highest BCUT2D eigenvalue weighted by molar-refractivity contribution is 5.39. The molecule has 0 aliphatic carbocycles.